The summed E-state index contributed by atoms with van der Waals surface area (Å²) in [4.78, 5) is 0. The van der Waals surface area contributed by atoms with Gasteiger partial charge in [0.15, 0.2) is 6.29 Å². The van der Waals surface area contributed by atoms with Crippen LogP contribution in [-0.2, 0) is 4.74 Å². The van der Waals surface area contributed by atoms with Crippen molar-refractivity contribution < 1.29 is 20.1 Å². The first kappa shape index (κ1) is 7.94. The zero-order chi connectivity index (χ0) is 7.56. The smallest absolute Gasteiger partial charge is 0.155 e. The zero-order valence-corrected chi connectivity index (χ0v) is 5.60. The minimum atomic E-state index is -0.819. The Bertz CT molecular complexity index is 106. The van der Waals surface area contributed by atoms with Crippen LogP contribution in [-0.4, -0.2) is 40.4 Å². The normalized spacial score (nSPS) is 41.7. The molecule has 4 heteroatoms. The summed E-state index contributed by atoms with van der Waals surface area (Å²) in [6, 6.07) is 0. The molecular formula is C6H12O4. The Morgan fingerprint density at radius 3 is 2.50 bits per heavy atom. The van der Waals surface area contributed by atoms with Crippen LogP contribution in [0.4, 0.5) is 0 Å². The van der Waals surface area contributed by atoms with Crippen LogP contribution in [0.1, 0.15) is 12.8 Å². The summed E-state index contributed by atoms with van der Waals surface area (Å²) in [5.74, 6) is 0. The molecule has 0 saturated carbocycles. The van der Waals surface area contributed by atoms with Crippen molar-refractivity contribution in [2.75, 3.05) is 6.61 Å². The molecule has 3 N–H and O–H groups in total. The van der Waals surface area contributed by atoms with Crippen LogP contribution in [0.3, 0.4) is 0 Å². The van der Waals surface area contributed by atoms with E-state index in [2.05, 4.69) is 0 Å². The SMILES string of the molecule is OCC1OC(O)CC[C@@H]1O. The number of rotatable bonds is 1. The van der Waals surface area contributed by atoms with Crippen LogP contribution >= 0.6 is 0 Å². The maximum Gasteiger partial charge on any atom is 0.155 e. The summed E-state index contributed by atoms with van der Waals surface area (Å²) in [7, 11) is 0. The second-order valence-corrected chi connectivity index (χ2v) is 2.46. The van der Waals surface area contributed by atoms with Gasteiger partial charge in [0.25, 0.3) is 0 Å². The van der Waals surface area contributed by atoms with E-state index in [1.807, 2.05) is 0 Å². The Morgan fingerprint density at radius 1 is 1.30 bits per heavy atom. The molecule has 0 aromatic carbocycles. The summed E-state index contributed by atoms with van der Waals surface area (Å²) >= 11 is 0. The predicted octanol–water partition coefficient (Wildman–Crippen LogP) is -1.16. The van der Waals surface area contributed by atoms with Crippen LogP contribution in [0.25, 0.3) is 0 Å². The molecular weight excluding hydrogens is 136 g/mol. The number of ether oxygens (including phenoxy) is 1. The summed E-state index contributed by atoms with van der Waals surface area (Å²) in [6.07, 6.45) is -1.12. The molecule has 0 aliphatic carbocycles. The van der Waals surface area contributed by atoms with Gasteiger partial charge >= 0.3 is 0 Å². The van der Waals surface area contributed by atoms with Crippen molar-refractivity contribution in [3.05, 3.63) is 0 Å². The second kappa shape index (κ2) is 3.30. The molecule has 1 aliphatic heterocycles. The molecule has 1 fully saturated rings. The third kappa shape index (κ3) is 1.67. The highest BCUT2D eigenvalue weighted by molar-refractivity contribution is 4.73. The average Bonchev–Trinajstić information content (AvgIpc) is 1.94. The van der Waals surface area contributed by atoms with Gasteiger partial charge in [-0.3, -0.25) is 0 Å². The van der Waals surface area contributed by atoms with Gasteiger partial charge in [-0.05, 0) is 6.42 Å². The van der Waals surface area contributed by atoms with E-state index in [-0.39, 0.29) is 6.61 Å². The third-order valence-electron chi connectivity index (χ3n) is 1.65. The van der Waals surface area contributed by atoms with Crippen LogP contribution in [0, 0.1) is 0 Å². The van der Waals surface area contributed by atoms with Crippen LogP contribution < -0.4 is 0 Å². The van der Waals surface area contributed by atoms with Gasteiger partial charge in [0, 0.05) is 6.42 Å². The van der Waals surface area contributed by atoms with Gasteiger partial charge in [0.2, 0.25) is 0 Å². The molecule has 10 heavy (non-hydrogen) atoms. The van der Waals surface area contributed by atoms with Crippen LogP contribution in [0.15, 0.2) is 0 Å². The van der Waals surface area contributed by atoms with E-state index in [1.165, 1.54) is 0 Å². The standard InChI is InChI=1S/C6H12O4/c7-3-5-4(8)1-2-6(9)10-5/h4-9H,1-3H2/t4-,5?,6?/m0/s1. The van der Waals surface area contributed by atoms with Crippen molar-refractivity contribution in [3.8, 4) is 0 Å². The van der Waals surface area contributed by atoms with E-state index in [9.17, 15) is 0 Å². The first-order chi connectivity index (χ1) is 4.74. The number of aliphatic hydroxyl groups is 3. The van der Waals surface area contributed by atoms with Crippen molar-refractivity contribution in [2.45, 2.75) is 31.3 Å². The van der Waals surface area contributed by atoms with Gasteiger partial charge in [-0.2, -0.15) is 0 Å². The molecule has 3 atom stereocenters. The maximum absolute atomic E-state index is 9.09. The Hall–Kier alpha value is -0.160. The van der Waals surface area contributed by atoms with E-state index < -0.39 is 18.5 Å². The highest BCUT2D eigenvalue weighted by Crippen LogP contribution is 2.17. The highest BCUT2D eigenvalue weighted by Gasteiger charge is 2.27. The van der Waals surface area contributed by atoms with Gasteiger partial charge in [0.05, 0.1) is 12.7 Å². The van der Waals surface area contributed by atoms with Gasteiger partial charge in [-0.15, -0.1) is 0 Å². The molecule has 0 spiro atoms. The topological polar surface area (TPSA) is 69.9 Å². The molecule has 0 amide bonds. The number of aliphatic hydroxyl groups excluding tert-OH is 3. The lowest BCUT2D eigenvalue weighted by molar-refractivity contribution is -0.207. The minimum absolute atomic E-state index is 0.238. The Labute approximate surface area is 59.1 Å². The molecule has 60 valence electrons. The van der Waals surface area contributed by atoms with E-state index in [0.29, 0.717) is 12.8 Å². The molecule has 0 aromatic heterocycles. The van der Waals surface area contributed by atoms with Crippen molar-refractivity contribution in [2.24, 2.45) is 0 Å². The molecule has 1 saturated heterocycles. The zero-order valence-electron chi connectivity index (χ0n) is 5.60. The fourth-order valence-corrected chi connectivity index (χ4v) is 1.02. The first-order valence-electron chi connectivity index (χ1n) is 3.36. The molecule has 4 nitrogen and oxygen atoms in total. The molecule has 0 radical (unpaired) electrons. The van der Waals surface area contributed by atoms with Crippen molar-refractivity contribution >= 4 is 0 Å². The molecule has 1 rings (SSSR count). The molecule has 1 aliphatic rings. The van der Waals surface area contributed by atoms with E-state index in [0.717, 1.165) is 0 Å². The quantitative estimate of drug-likeness (QED) is 0.438. The summed E-state index contributed by atoms with van der Waals surface area (Å²) in [5.41, 5.74) is 0. The summed E-state index contributed by atoms with van der Waals surface area (Å²) < 4.78 is 4.80. The second-order valence-electron chi connectivity index (χ2n) is 2.46. The van der Waals surface area contributed by atoms with Gasteiger partial charge < -0.3 is 20.1 Å². The van der Waals surface area contributed by atoms with Gasteiger partial charge in [-0.1, -0.05) is 0 Å². The van der Waals surface area contributed by atoms with E-state index in [1.54, 1.807) is 0 Å². The maximum atomic E-state index is 9.09. The fraction of sp³-hybridized carbons (Fsp3) is 1.00. The van der Waals surface area contributed by atoms with Crippen molar-refractivity contribution in [1.29, 1.82) is 0 Å². The lowest BCUT2D eigenvalue weighted by atomic mass is 10.1. The summed E-state index contributed by atoms with van der Waals surface area (Å²) in [5, 5.41) is 26.6. The van der Waals surface area contributed by atoms with Gasteiger partial charge in [-0.25, -0.2) is 0 Å². The lowest BCUT2D eigenvalue weighted by Gasteiger charge is -2.29. The molecule has 0 aromatic rings. The molecule has 2 unspecified atom stereocenters. The minimum Gasteiger partial charge on any atom is -0.394 e. The highest BCUT2D eigenvalue weighted by atomic mass is 16.6. The Kier molecular flexibility index (Phi) is 2.62. The van der Waals surface area contributed by atoms with Crippen molar-refractivity contribution in [3.63, 3.8) is 0 Å². The van der Waals surface area contributed by atoms with Gasteiger partial charge in [0.1, 0.15) is 6.10 Å². The Balaban J connectivity index is 2.38. The van der Waals surface area contributed by atoms with Crippen molar-refractivity contribution in [1.82, 2.24) is 0 Å². The molecule has 0 bridgehead atoms. The average molecular weight is 148 g/mol. The molecule has 1 heterocycles. The largest absolute Gasteiger partial charge is 0.394 e. The van der Waals surface area contributed by atoms with E-state index >= 15 is 0 Å². The monoisotopic (exact) mass is 148 g/mol. The third-order valence-corrected chi connectivity index (χ3v) is 1.65. The summed E-state index contributed by atoms with van der Waals surface area (Å²) in [6.45, 7) is -0.238. The predicted molar refractivity (Wildman–Crippen MR) is 33.2 cm³/mol. The van der Waals surface area contributed by atoms with Crippen LogP contribution in [0.5, 0.6) is 0 Å². The van der Waals surface area contributed by atoms with Crippen LogP contribution in [0.2, 0.25) is 0 Å². The fourth-order valence-electron chi connectivity index (χ4n) is 1.02. The lowest BCUT2D eigenvalue weighted by Crippen LogP contribution is -2.40. The number of hydrogen-bond acceptors (Lipinski definition) is 4. The number of hydrogen-bond donors (Lipinski definition) is 3. The Morgan fingerprint density at radius 2 is 2.00 bits per heavy atom. The first-order valence-corrected chi connectivity index (χ1v) is 3.36. The van der Waals surface area contributed by atoms with E-state index in [4.69, 9.17) is 20.1 Å².